The predicted octanol–water partition coefficient (Wildman–Crippen LogP) is 3.65. The maximum Gasteiger partial charge on any atom is 0.321 e. The summed E-state index contributed by atoms with van der Waals surface area (Å²) in [6.07, 6.45) is 1.72. The number of nitrogens with one attached hydrogen (secondary N) is 1. The van der Waals surface area contributed by atoms with E-state index in [0.29, 0.717) is 18.4 Å². The maximum absolute atomic E-state index is 12.2. The van der Waals surface area contributed by atoms with Crippen LogP contribution < -0.4 is 5.32 Å². The fourth-order valence-electron chi connectivity index (χ4n) is 2.48. The van der Waals surface area contributed by atoms with Gasteiger partial charge in [0, 0.05) is 25.2 Å². The van der Waals surface area contributed by atoms with E-state index in [2.05, 4.69) is 24.1 Å². The number of likely N-dealkylation sites (N-methyl/N-ethyl adjacent to an activating group) is 1. The zero-order valence-electron chi connectivity index (χ0n) is 13.7. The van der Waals surface area contributed by atoms with Crippen LogP contribution in [0.2, 0.25) is 0 Å². The molecular formula is C17H23N3O2S. The molecule has 1 heterocycles. The number of amides is 2. The van der Waals surface area contributed by atoms with E-state index < -0.39 is 6.10 Å². The molecule has 1 aliphatic rings. The number of hydrogen-bond acceptors (Lipinski definition) is 4. The molecule has 1 aromatic carbocycles. The van der Waals surface area contributed by atoms with Crippen molar-refractivity contribution in [1.29, 1.82) is 0 Å². The van der Waals surface area contributed by atoms with Crippen molar-refractivity contribution in [1.82, 2.24) is 9.88 Å². The smallest absolute Gasteiger partial charge is 0.321 e. The third-order valence-electron chi connectivity index (χ3n) is 4.12. The molecule has 3 rings (SSSR count). The number of aliphatic hydroxyl groups excluding tert-OH is 1. The van der Waals surface area contributed by atoms with Crippen LogP contribution in [0.1, 0.15) is 37.6 Å². The van der Waals surface area contributed by atoms with E-state index in [1.54, 1.807) is 23.3 Å². The van der Waals surface area contributed by atoms with Crippen molar-refractivity contribution in [3.05, 3.63) is 23.2 Å². The second kappa shape index (κ2) is 6.45. The number of rotatable bonds is 5. The number of anilines is 1. The minimum Gasteiger partial charge on any atom is -0.391 e. The minimum absolute atomic E-state index is 0.197. The topological polar surface area (TPSA) is 65.5 Å². The normalized spacial score (nSPS) is 15.9. The van der Waals surface area contributed by atoms with Gasteiger partial charge in [-0.3, -0.25) is 0 Å². The molecule has 0 spiro atoms. The maximum atomic E-state index is 12.2. The van der Waals surface area contributed by atoms with Crippen molar-refractivity contribution in [2.75, 3.05) is 18.9 Å². The molecule has 0 radical (unpaired) electrons. The Morgan fingerprint density at radius 1 is 1.48 bits per heavy atom. The number of nitrogens with zero attached hydrogens (tertiary/aromatic N) is 2. The summed E-state index contributed by atoms with van der Waals surface area (Å²) in [6.45, 7) is 4.62. The number of urea groups is 1. The molecule has 6 heteroatoms. The fourth-order valence-corrected chi connectivity index (χ4v) is 3.49. The first-order valence-corrected chi connectivity index (χ1v) is 8.86. The van der Waals surface area contributed by atoms with E-state index in [0.717, 1.165) is 33.8 Å². The Labute approximate surface area is 140 Å². The Morgan fingerprint density at radius 2 is 2.22 bits per heavy atom. The van der Waals surface area contributed by atoms with Crippen molar-refractivity contribution in [3.8, 4) is 0 Å². The fraction of sp³-hybridized carbons (Fsp3) is 0.529. The van der Waals surface area contributed by atoms with Crippen molar-refractivity contribution in [3.63, 3.8) is 0 Å². The molecule has 0 saturated heterocycles. The number of thiazole rings is 1. The van der Waals surface area contributed by atoms with Gasteiger partial charge in [0.2, 0.25) is 0 Å². The Balaban J connectivity index is 1.66. The Hall–Kier alpha value is -1.66. The van der Waals surface area contributed by atoms with Crippen LogP contribution in [0.15, 0.2) is 18.2 Å². The van der Waals surface area contributed by atoms with Crippen LogP contribution in [0.3, 0.4) is 0 Å². The van der Waals surface area contributed by atoms with E-state index in [4.69, 9.17) is 0 Å². The van der Waals surface area contributed by atoms with Gasteiger partial charge in [0.05, 0.1) is 21.3 Å². The number of hydrogen-bond donors (Lipinski definition) is 2. The van der Waals surface area contributed by atoms with Crippen LogP contribution in [-0.2, 0) is 0 Å². The van der Waals surface area contributed by atoms with Crippen molar-refractivity contribution < 1.29 is 9.90 Å². The number of carbonyl (C=O) groups is 1. The van der Waals surface area contributed by atoms with Gasteiger partial charge in [0.25, 0.3) is 0 Å². The molecular weight excluding hydrogens is 310 g/mol. The number of benzene rings is 1. The van der Waals surface area contributed by atoms with Crippen LogP contribution >= 0.6 is 11.3 Å². The lowest BCUT2D eigenvalue weighted by Gasteiger charge is -2.21. The van der Waals surface area contributed by atoms with Gasteiger partial charge < -0.3 is 15.3 Å². The molecule has 124 valence electrons. The van der Waals surface area contributed by atoms with Crippen molar-refractivity contribution in [2.45, 2.75) is 38.7 Å². The van der Waals surface area contributed by atoms with E-state index in [-0.39, 0.29) is 6.03 Å². The van der Waals surface area contributed by atoms with Crippen LogP contribution in [-0.4, -0.2) is 40.7 Å². The molecule has 0 bridgehead atoms. The minimum atomic E-state index is -0.414. The molecule has 5 nitrogen and oxygen atoms in total. The lowest BCUT2D eigenvalue weighted by molar-refractivity contribution is 0.117. The van der Waals surface area contributed by atoms with Gasteiger partial charge in [-0.15, -0.1) is 11.3 Å². The van der Waals surface area contributed by atoms with E-state index in [9.17, 15) is 9.90 Å². The number of aliphatic hydroxyl groups is 1. The van der Waals surface area contributed by atoms with Gasteiger partial charge >= 0.3 is 6.03 Å². The van der Waals surface area contributed by atoms with Crippen LogP contribution in [0.25, 0.3) is 10.2 Å². The summed E-state index contributed by atoms with van der Waals surface area (Å²) in [4.78, 5) is 18.4. The highest BCUT2D eigenvalue weighted by molar-refractivity contribution is 7.18. The highest BCUT2D eigenvalue weighted by Crippen LogP contribution is 2.33. The second-order valence-electron chi connectivity index (χ2n) is 6.60. The first-order chi connectivity index (χ1) is 10.9. The third-order valence-corrected chi connectivity index (χ3v) is 5.44. The van der Waals surface area contributed by atoms with E-state index in [1.807, 2.05) is 18.2 Å². The molecule has 1 unspecified atom stereocenters. The number of fused-ring (bicyclic) bond motifs is 1. The van der Waals surface area contributed by atoms with Crippen molar-refractivity contribution >= 4 is 33.3 Å². The Morgan fingerprint density at radius 3 is 2.87 bits per heavy atom. The zero-order valence-corrected chi connectivity index (χ0v) is 14.6. The predicted molar refractivity (Wildman–Crippen MR) is 94.1 cm³/mol. The molecule has 1 fully saturated rings. The highest BCUT2D eigenvalue weighted by atomic mass is 32.1. The second-order valence-corrected chi connectivity index (χ2v) is 7.67. The van der Waals surface area contributed by atoms with Crippen LogP contribution in [0, 0.1) is 5.92 Å². The summed E-state index contributed by atoms with van der Waals surface area (Å²) in [5.74, 6) is 0.772. The first-order valence-electron chi connectivity index (χ1n) is 8.04. The van der Waals surface area contributed by atoms with Gasteiger partial charge in [0.15, 0.2) is 0 Å². The quantitative estimate of drug-likeness (QED) is 0.877. The van der Waals surface area contributed by atoms with Gasteiger partial charge in [-0.25, -0.2) is 9.78 Å². The van der Waals surface area contributed by atoms with Gasteiger partial charge in [-0.1, -0.05) is 13.8 Å². The molecule has 2 N–H and O–H groups in total. The Bertz CT molecular complexity index is 709. The third kappa shape index (κ3) is 3.82. The monoisotopic (exact) mass is 333 g/mol. The summed E-state index contributed by atoms with van der Waals surface area (Å²) in [5, 5.41) is 13.9. The molecule has 2 aromatic rings. The molecule has 1 aromatic heterocycles. The van der Waals surface area contributed by atoms with Crippen molar-refractivity contribution in [2.24, 2.45) is 5.92 Å². The summed E-state index contributed by atoms with van der Waals surface area (Å²) < 4.78 is 1.08. The summed E-state index contributed by atoms with van der Waals surface area (Å²) in [7, 11) is 1.71. The SMILES string of the molecule is CC(C)c1nc2ccc(NC(=O)N(C)CC(O)C3CC3)cc2s1. The molecule has 23 heavy (non-hydrogen) atoms. The molecule has 2 amide bonds. The summed E-state index contributed by atoms with van der Waals surface area (Å²) in [6, 6.07) is 5.57. The number of carbonyl (C=O) groups excluding carboxylic acids is 1. The lowest BCUT2D eigenvalue weighted by Crippen LogP contribution is -2.37. The first kappa shape index (κ1) is 16.2. The van der Waals surface area contributed by atoms with E-state index >= 15 is 0 Å². The molecule has 0 aliphatic heterocycles. The standard InChI is InChI=1S/C17H23N3O2S/c1-10(2)16-19-13-7-6-12(8-15(13)23-16)18-17(22)20(3)9-14(21)11-4-5-11/h6-8,10-11,14,21H,4-5,9H2,1-3H3,(H,18,22). The molecule has 1 aliphatic carbocycles. The lowest BCUT2D eigenvalue weighted by atomic mass is 10.2. The molecule has 1 saturated carbocycles. The average Bonchev–Trinajstić information content (AvgIpc) is 3.26. The largest absolute Gasteiger partial charge is 0.391 e. The molecule has 1 atom stereocenters. The van der Waals surface area contributed by atoms with Crippen LogP contribution in [0.4, 0.5) is 10.5 Å². The summed E-state index contributed by atoms with van der Waals surface area (Å²) in [5.41, 5.74) is 1.73. The van der Waals surface area contributed by atoms with Gasteiger partial charge in [-0.2, -0.15) is 0 Å². The highest BCUT2D eigenvalue weighted by Gasteiger charge is 2.31. The van der Waals surface area contributed by atoms with E-state index in [1.165, 1.54) is 0 Å². The zero-order chi connectivity index (χ0) is 16.6. The average molecular weight is 333 g/mol. The van der Waals surface area contributed by atoms with Crippen LogP contribution in [0.5, 0.6) is 0 Å². The number of aromatic nitrogens is 1. The van der Waals surface area contributed by atoms with Gasteiger partial charge in [-0.05, 0) is 37.0 Å². The summed E-state index contributed by atoms with van der Waals surface area (Å²) >= 11 is 1.66. The Kier molecular flexibility index (Phi) is 4.55. The van der Waals surface area contributed by atoms with Gasteiger partial charge in [0.1, 0.15) is 0 Å².